The first-order chi connectivity index (χ1) is 16.0. The van der Waals surface area contributed by atoms with Crippen LogP contribution in [0.5, 0.6) is 11.5 Å². The molecule has 2 aromatic heterocycles. The van der Waals surface area contributed by atoms with Crippen LogP contribution in [0.1, 0.15) is 6.92 Å². The fourth-order valence-corrected chi connectivity index (χ4v) is 3.71. The zero-order chi connectivity index (χ0) is 23.4. The van der Waals surface area contributed by atoms with Crippen LogP contribution in [0.2, 0.25) is 0 Å². The molecule has 2 heterocycles. The molecule has 9 heteroatoms. The monoisotopic (exact) mass is 508 g/mol. The molecule has 4 aromatic rings. The minimum Gasteiger partial charge on any atom is -0.495 e. The Labute approximate surface area is 198 Å². The highest BCUT2D eigenvalue weighted by Gasteiger charge is 2.16. The number of rotatable bonds is 7. The van der Waals surface area contributed by atoms with Crippen molar-refractivity contribution in [3.8, 4) is 22.8 Å². The van der Waals surface area contributed by atoms with Crippen molar-refractivity contribution < 1.29 is 18.7 Å². The van der Waals surface area contributed by atoms with Crippen molar-refractivity contribution in [3.05, 3.63) is 65.6 Å². The summed E-state index contributed by atoms with van der Waals surface area (Å²) in [6.45, 7) is 1.77. The van der Waals surface area contributed by atoms with E-state index in [0.717, 1.165) is 11.3 Å². The first-order valence-corrected chi connectivity index (χ1v) is 10.8. The van der Waals surface area contributed by atoms with E-state index in [2.05, 4.69) is 36.5 Å². The van der Waals surface area contributed by atoms with Gasteiger partial charge in [0.15, 0.2) is 4.73 Å². The summed E-state index contributed by atoms with van der Waals surface area (Å²) in [7, 11) is 3.13. The van der Waals surface area contributed by atoms with E-state index in [-0.39, 0.29) is 5.91 Å². The summed E-state index contributed by atoms with van der Waals surface area (Å²) in [5.41, 5.74) is 2.69. The Morgan fingerprint density at radius 2 is 1.88 bits per heavy atom. The molecule has 4 rings (SSSR count). The summed E-state index contributed by atoms with van der Waals surface area (Å²) in [5, 5.41) is 6.85. The molecule has 0 aliphatic rings. The Morgan fingerprint density at radius 1 is 1.06 bits per heavy atom. The molecule has 0 spiro atoms. The lowest BCUT2D eigenvalue weighted by Gasteiger charge is -2.15. The molecule has 0 atom stereocenters. The molecule has 0 unspecified atom stereocenters. The number of anilines is 3. The molecule has 0 aliphatic carbocycles. The first-order valence-electron chi connectivity index (χ1n) is 10.00. The van der Waals surface area contributed by atoms with Crippen LogP contribution in [0.3, 0.4) is 0 Å². The van der Waals surface area contributed by atoms with Crippen LogP contribution in [0.15, 0.2) is 70.0 Å². The number of fused-ring (bicyclic) bond motifs is 1. The number of nitrogens with one attached hydrogen (secondary N) is 2. The van der Waals surface area contributed by atoms with E-state index in [1.165, 1.54) is 13.2 Å². The number of hydrogen-bond donors (Lipinski definition) is 2. The number of allylic oxidation sites excluding steroid dienone is 1. The van der Waals surface area contributed by atoms with E-state index in [1.54, 1.807) is 38.5 Å². The normalized spacial score (nSPS) is 11.0. The quantitative estimate of drug-likeness (QED) is 0.236. The van der Waals surface area contributed by atoms with Crippen LogP contribution in [-0.4, -0.2) is 30.1 Å². The Hall–Kier alpha value is -3.85. The fourth-order valence-electron chi connectivity index (χ4n) is 3.35. The van der Waals surface area contributed by atoms with Gasteiger partial charge in [-0.2, -0.15) is 0 Å². The molecular formula is C24H21BrN4O4. The van der Waals surface area contributed by atoms with Crippen LogP contribution in [0.4, 0.5) is 17.2 Å². The van der Waals surface area contributed by atoms with E-state index < -0.39 is 0 Å². The number of ether oxygens (including phenoxy) is 2. The van der Waals surface area contributed by atoms with Crippen molar-refractivity contribution >= 4 is 49.9 Å². The molecule has 0 saturated carbocycles. The molecule has 0 saturated heterocycles. The predicted octanol–water partition coefficient (Wildman–Crippen LogP) is 5.93. The van der Waals surface area contributed by atoms with E-state index in [9.17, 15) is 4.79 Å². The maximum Gasteiger partial charge on any atom is 0.248 e. The summed E-state index contributed by atoms with van der Waals surface area (Å²) in [5.74, 6) is 2.09. The molecule has 0 bridgehead atoms. The Bertz CT molecular complexity index is 1340. The number of hydrogen-bond acceptors (Lipinski definition) is 7. The molecule has 0 fully saturated rings. The second-order valence-electron chi connectivity index (χ2n) is 6.92. The summed E-state index contributed by atoms with van der Waals surface area (Å²) in [6.07, 6.45) is 4.72. The molecule has 33 heavy (non-hydrogen) atoms. The molecule has 0 radical (unpaired) electrons. The van der Waals surface area contributed by atoms with E-state index in [1.807, 2.05) is 30.3 Å². The zero-order valence-corrected chi connectivity index (χ0v) is 19.8. The average Bonchev–Trinajstić information content (AvgIpc) is 3.34. The number of benzene rings is 2. The first kappa shape index (κ1) is 22.3. The smallest absolute Gasteiger partial charge is 0.248 e. The van der Waals surface area contributed by atoms with Gasteiger partial charge in [0.1, 0.15) is 23.1 Å². The maximum absolute atomic E-state index is 12.1. The lowest BCUT2D eigenvalue weighted by Crippen LogP contribution is -2.09. The maximum atomic E-state index is 12.1. The van der Waals surface area contributed by atoms with Crippen LogP contribution in [0, 0.1) is 0 Å². The minimum atomic E-state index is -0.268. The standard InChI is InChI=1S/C24H21BrN4O4/c1-4-6-22(30)26-18-12-15-16(13-21(18)32-3)28-24(25)29-23(15)27-17-11-14(8-9-20(17)31-2)19-7-5-10-33-19/h4-13H,1-3H3,(H,26,30)(H,27,28,29)/b6-4+. The van der Waals surface area contributed by atoms with Gasteiger partial charge in [-0.1, -0.05) is 6.08 Å². The van der Waals surface area contributed by atoms with Crippen molar-refractivity contribution in [3.63, 3.8) is 0 Å². The minimum absolute atomic E-state index is 0.268. The number of halogens is 1. The van der Waals surface area contributed by atoms with Gasteiger partial charge < -0.3 is 24.5 Å². The SMILES string of the molecule is C/C=C/C(=O)Nc1cc2c(Nc3cc(-c4ccco4)ccc3OC)nc(Br)nc2cc1OC. The van der Waals surface area contributed by atoms with Crippen molar-refractivity contribution in [2.75, 3.05) is 24.9 Å². The van der Waals surface area contributed by atoms with Gasteiger partial charge in [-0.05, 0) is 65.3 Å². The molecule has 2 aromatic carbocycles. The lowest BCUT2D eigenvalue weighted by molar-refractivity contribution is -0.111. The van der Waals surface area contributed by atoms with Gasteiger partial charge >= 0.3 is 0 Å². The fraction of sp³-hybridized carbons (Fsp3) is 0.125. The number of amides is 1. The van der Waals surface area contributed by atoms with Gasteiger partial charge in [-0.3, -0.25) is 4.79 Å². The second-order valence-corrected chi connectivity index (χ2v) is 7.63. The van der Waals surface area contributed by atoms with Crippen LogP contribution in [0.25, 0.3) is 22.2 Å². The highest BCUT2D eigenvalue weighted by molar-refractivity contribution is 9.10. The number of carbonyl (C=O) groups excluding carboxylic acids is 1. The van der Waals surface area contributed by atoms with E-state index in [4.69, 9.17) is 13.9 Å². The summed E-state index contributed by atoms with van der Waals surface area (Å²) < 4.78 is 16.9. The van der Waals surface area contributed by atoms with Crippen molar-refractivity contribution in [1.29, 1.82) is 0 Å². The summed E-state index contributed by atoms with van der Waals surface area (Å²) >= 11 is 3.38. The van der Waals surface area contributed by atoms with Crippen LogP contribution < -0.4 is 20.1 Å². The van der Waals surface area contributed by atoms with Crippen molar-refractivity contribution in [2.45, 2.75) is 6.92 Å². The molecule has 0 aliphatic heterocycles. The van der Waals surface area contributed by atoms with Gasteiger partial charge in [0.05, 0.1) is 37.4 Å². The van der Waals surface area contributed by atoms with Crippen LogP contribution in [-0.2, 0) is 4.79 Å². The number of methoxy groups -OCH3 is 2. The largest absolute Gasteiger partial charge is 0.495 e. The summed E-state index contributed by atoms with van der Waals surface area (Å²) in [6, 6.07) is 12.9. The average molecular weight is 509 g/mol. The van der Waals surface area contributed by atoms with E-state index in [0.29, 0.717) is 44.3 Å². The molecule has 2 N–H and O–H groups in total. The second kappa shape index (κ2) is 9.74. The van der Waals surface area contributed by atoms with E-state index >= 15 is 0 Å². The number of carbonyl (C=O) groups is 1. The van der Waals surface area contributed by atoms with Gasteiger partial charge in [-0.15, -0.1) is 0 Å². The highest BCUT2D eigenvalue weighted by atomic mass is 79.9. The topological polar surface area (TPSA) is 98.5 Å². The van der Waals surface area contributed by atoms with Gasteiger partial charge in [0.2, 0.25) is 5.91 Å². The molecular weight excluding hydrogens is 488 g/mol. The Morgan fingerprint density at radius 3 is 2.58 bits per heavy atom. The summed E-state index contributed by atoms with van der Waals surface area (Å²) in [4.78, 5) is 21.1. The molecule has 1 amide bonds. The Kier molecular flexibility index (Phi) is 6.60. The number of furan rings is 1. The van der Waals surface area contributed by atoms with Crippen molar-refractivity contribution in [2.24, 2.45) is 0 Å². The third-order valence-corrected chi connectivity index (χ3v) is 5.18. The lowest BCUT2D eigenvalue weighted by atomic mass is 10.1. The van der Waals surface area contributed by atoms with Crippen LogP contribution >= 0.6 is 15.9 Å². The third kappa shape index (κ3) is 4.83. The number of nitrogens with zero attached hydrogens (tertiary/aromatic N) is 2. The predicted molar refractivity (Wildman–Crippen MR) is 131 cm³/mol. The number of aromatic nitrogens is 2. The Balaban J connectivity index is 1.82. The highest BCUT2D eigenvalue weighted by Crippen LogP contribution is 2.37. The third-order valence-electron chi connectivity index (χ3n) is 4.82. The van der Waals surface area contributed by atoms with Gasteiger partial charge in [-0.25, -0.2) is 9.97 Å². The zero-order valence-electron chi connectivity index (χ0n) is 18.2. The van der Waals surface area contributed by atoms with Gasteiger partial charge in [0, 0.05) is 17.0 Å². The molecule has 168 valence electrons. The van der Waals surface area contributed by atoms with Crippen molar-refractivity contribution in [1.82, 2.24) is 9.97 Å². The van der Waals surface area contributed by atoms with Gasteiger partial charge in [0.25, 0.3) is 0 Å². The molecule has 8 nitrogen and oxygen atoms in total.